The molecule has 1 N–H and O–H groups in total. The first-order valence-electron chi connectivity index (χ1n) is 11.3. The Hall–Kier alpha value is -3.03. The lowest BCUT2D eigenvalue weighted by Gasteiger charge is -2.33. The molecule has 6 nitrogen and oxygen atoms in total. The predicted octanol–water partition coefficient (Wildman–Crippen LogP) is 5.14. The van der Waals surface area contributed by atoms with Crippen molar-refractivity contribution in [2.45, 2.75) is 32.7 Å². The van der Waals surface area contributed by atoms with Gasteiger partial charge in [-0.25, -0.2) is 9.37 Å². The molecule has 8 heteroatoms. The highest BCUT2D eigenvalue weighted by molar-refractivity contribution is 6.33. The number of hydrogen-bond acceptors (Lipinski definition) is 5. The number of nitrogens with zero attached hydrogens (tertiary/aromatic N) is 5. The third-order valence-electron chi connectivity index (χ3n) is 6.11. The van der Waals surface area contributed by atoms with Crippen molar-refractivity contribution < 1.29 is 4.39 Å². The minimum atomic E-state index is -0.287. The molecular formula is C25H26ClFN6. The van der Waals surface area contributed by atoms with E-state index in [4.69, 9.17) is 26.7 Å². The van der Waals surface area contributed by atoms with Crippen molar-refractivity contribution in [3.05, 3.63) is 65.2 Å². The van der Waals surface area contributed by atoms with Crippen LogP contribution in [0.1, 0.15) is 25.6 Å². The fourth-order valence-corrected chi connectivity index (χ4v) is 4.75. The number of nitrogens with one attached hydrogen (secondary N) is 1. The molecule has 33 heavy (non-hydrogen) atoms. The summed E-state index contributed by atoms with van der Waals surface area (Å²) in [5.74, 6) is 1.15. The molecule has 1 saturated heterocycles. The van der Waals surface area contributed by atoms with Gasteiger partial charge in [0.15, 0.2) is 5.65 Å². The molecule has 1 aliphatic heterocycles. The van der Waals surface area contributed by atoms with Crippen LogP contribution in [0.15, 0.2) is 48.5 Å². The zero-order chi connectivity index (χ0) is 22.9. The quantitative estimate of drug-likeness (QED) is 0.443. The molecular weight excluding hydrogens is 439 g/mol. The molecule has 3 heterocycles. The lowest BCUT2D eigenvalue weighted by molar-refractivity contribution is 0.419. The summed E-state index contributed by atoms with van der Waals surface area (Å²) >= 11 is 6.57. The molecule has 0 saturated carbocycles. The van der Waals surface area contributed by atoms with Gasteiger partial charge in [0.05, 0.1) is 10.6 Å². The van der Waals surface area contributed by atoms with Crippen LogP contribution in [0.2, 0.25) is 5.02 Å². The van der Waals surface area contributed by atoms with Gasteiger partial charge in [0.1, 0.15) is 17.3 Å². The van der Waals surface area contributed by atoms with Crippen LogP contribution in [0.3, 0.4) is 0 Å². The van der Waals surface area contributed by atoms with E-state index in [1.54, 1.807) is 12.1 Å². The highest BCUT2D eigenvalue weighted by Gasteiger charge is 2.26. The minimum absolute atomic E-state index is 0.287. The standard InChI is InChI=1S/C25H26ClFN6/c1-3-28-19-12-14-32(15-13-19)25-30-16(2)29-24-22(17-8-10-18(27)11-9-17)23(31-33(24)25)20-6-4-5-7-21(20)26/h4-11,19,28H,3,12-15H2,1-2H3. The second-order valence-electron chi connectivity index (χ2n) is 8.34. The van der Waals surface area contributed by atoms with E-state index in [1.165, 1.54) is 12.1 Å². The average Bonchev–Trinajstić information content (AvgIpc) is 3.19. The van der Waals surface area contributed by atoms with Crippen LogP contribution in [0.5, 0.6) is 0 Å². The number of fused-ring (bicyclic) bond motifs is 1. The second-order valence-corrected chi connectivity index (χ2v) is 8.74. The Morgan fingerprint density at radius 1 is 1.06 bits per heavy atom. The van der Waals surface area contributed by atoms with Crippen LogP contribution >= 0.6 is 11.6 Å². The van der Waals surface area contributed by atoms with Crippen molar-refractivity contribution in [2.24, 2.45) is 0 Å². The van der Waals surface area contributed by atoms with Gasteiger partial charge in [0.2, 0.25) is 5.95 Å². The van der Waals surface area contributed by atoms with Gasteiger partial charge in [0, 0.05) is 24.7 Å². The number of aromatic nitrogens is 4. The number of hydrogen-bond donors (Lipinski definition) is 1. The molecule has 1 fully saturated rings. The van der Waals surface area contributed by atoms with Gasteiger partial charge in [-0.3, -0.25) is 0 Å². The largest absolute Gasteiger partial charge is 0.341 e. The zero-order valence-corrected chi connectivity index (χ0v) is 19.5. The van der Waals surface area contributed by atoms with Crippen molar-refractivity contribution in [3.8, 4) is 22.4 Å². The van der Waals surface area contributed by atoms with Crippen molar-refractivity contribution in [1.29, 1.82) is 0 Å². The van der Waals surface area contributed by atoms with Gasteiger partial charge < -0.3 is 10.2 Å². The summed E-state index contributed by atoms with van der Waals surface area (Å²) < 4.78 is 15.5. The number of aryl methyl sites for hydroxylation is 1. The predicted molar refractivity (Wildman–Crippen MR) is 130 cm³/mol. The number of benzene rings is 2. The topological polar surface area (TPSA) is 58.3 Å². The Balaban J connectivity index is 1.70. The third-order valence-corrected chi connectivity index (χ3v) is 6.44. The number of anilines is 1. The van der Waals surface area contributed by atoms with Crippen LogP contribution in [-0.2, 0) is 0 Å². The van der Waals surface area contributed by atoms with E-state index < -0.39 is 0 Å². The average molecular weight is 465 g/mol. The summed E-state index contributed by atoms with van der Waals surface area (Å²) in [5, 5.41) is 9.11. The monoisotopic (exact) mass is 464 g/mol. The van der Waals surface area contributed by atoms with E-state index in [-0.39, 0.29) is 5.82 Å². The van der Waals surface area contributed by atoms with Gasteiger partial charge in [-0.1, -0.05) is 48.9 Å². The van der Waals surface area contributed by atoms with Crippen molar-refractivity contribution in [1.82, 2.24) is 24.9 Å². The second kappa shape index (κ2) is 9.08. The first-order chi connectivity index (χ1) is 16.0. The molecule has 0 bridgehead atoms. The smallest absolute Gasteiger partial charge is 0.230 e. The van der Waals surface area contributed by atoms with Gasteiger partial charge in [-0.15, -0.1) is 0 Å². The summed E-state index contributed by atoms with van der Waals surface area (Å²) in [5.41, 5.74) is 3.84. The molecule has 0 atom stereocenters. The summed E-state index contributed by atoms with van der Waals surface area (Å²) in [6, 6.07) is 14.6. The van der Waals surface area contributed by atoms with E-state index in [9.17, 15) is 4.39 Å². The Morgan fingerprint density at radius 3 is 2.48 bits per heavy atom. The molecule has 5 rings (SSSR count). The lowest BCUT2D eigenvalue weighted by Crippen LogP contribution is -2.43. The minimum Gasteiger partial charge on any atom is -0.341 e. The maximum absolute atomic E-state index is 13.7. The molecule has 1 aliphatic rings. The summed E-state index contributed by atoms with van der Waals surface area (Å²) in [6.07, 6.45) is 2.09. The molecule has 0 radical (unpaired) electrons. The van der Waals surface area contributed by atoms with Crippen LogP contribution in [0, 0.1) is 12.7 Å². The van der Waals surface area contributed by atoms with E-state index in [0.29, 0.717) is 28.2 Å². The summed E-state index contributed by atoms with van der Waals surface area (Å²) in [6.45, 7) is 6.78. The normalized spacial score (nSPS) is 14.8. The number of rotatable bonds is 5. The summed E-state index contributed by atoms with van der Waals surface area (Å²) in [7, 11) is 0. The van der Waals surface area contributed by atoms with Crippen molar-refractivity contribution in [2.75, 3.05) is 24.5 Å². The van der Waals surface area contributed by atoms with Crippen LogP contribution < -0.4 is 10.2 Å². The summed E-state index contributed by atoms with van der Waals surface area (Å²) in [4.78, 5) is 11.8. The zero-order valence-electron chi connectivity index (χ0n) is 18.7. The van der Waals surface area contributed by atoms with E-state index in [1.807, 2.05) is 35.7 Å². The maximum atomic E-state index is 13.7. The molecule has 2 aromatic heterocycles. The van der Waals surface area contributed by atoms with E-state index >= 15 is 0 Å². The Morgan fingerprint density at radius 2 is 1.79 bits per heavy atom. The maximum Gasteiger partial charge on any atom is 0.230 e. The first kappa shape index (κ1) is 21.8. The first-order valence-corrected chi connectivity index (χ1v) is 11.7. The highest BCUT2D eigenvalue weighted by atomic mass is 35.5. The van der Waals surface area contributed by atoms with Gasteiger partial charge in [-0.2, -0.15) is 14.6 Å². The van der Waals surface area contributed by atoms with E-state index in [0.717, 1.165) is 55.1 Å². The SMILES string of the molecule is CCNC1CCN(c2nc(C)nc3c(-c4ccc(F)cc4)c(-c4ccccc4Cl)nn23)CC1. The van der Waals surface area contributed by atoms with Crippen LogP contribution in [-0.4, -0.2) is 45.3 Å². The van der Waals surface area contributed by atoms with E-state index in [2.05, 4.69) is 17.1 Å². The van der Waals surface area contributed by atoms with Gasteiger partial charge >= 0.3 is 0 Å². The molecule has 0 unspecified atom stereocenters. The van der Waals surface area contributed by atoms with Gasteiger partial charge in [-0.05, 0) is 50.1 Å². The van der Waals surface area contributed by atoms with Crippen molar-refractivity contribution in [3.63, 3.8) is 0 Å². The Bertz CT molecular complexity index is 1280. The molecule has 0 amide bonds. The fourth-order valence-electron chi connectivity index (χ4n) is 4.52. The molecule has 2 aromatic carbocycles. The Kier molecular flexibility index (Phi) is 6.00. The molecule has 170 valence electrons. The lowest BCUT2D eigenvalue weighted by atomic mass is 10.0. The van der Waals surface area contributed by atoms with Gasteiger partial charge in [0.25, 0.3) is 0 Å². The Labute approximate surface area is 197 Å². The van der Waals surface area contributed by atoms with Crippen LogP contribution in [0.4, 0.5) is 10.3 Å². The number of halogens is 2. The van der Waals surface area contributed by atoms with Crippen LogP contribution in [0.25, 0.3) is 28.0 Å². The number of piperidine rings is 1. The molecule has 0 aliphatic carbocycles. The highest BCUT2D eigenvalue weighted by Crippen LogP contribution is 2.38. The molecule has 4 aromatic rings. The van der Waals surface area contributed by atoms with Crippen molar-refractivity contribution >= 4 is 23.2 Å². The fraction of sp³-hybridized carbons (Fsp3) is 0.320. The third kappa shape index (κ3) is 4.18. The molecule has 0 spiro atoms.